The van der Waals surface area contributed by atoms with Crippen LogP contribution in [0.25, 0.3) is 5.65 Å². The van der Waals surface area contributed by atoms with E-state index in [1.165, 1.54) is 35.0 Å². The average Bonchev–Trinajstić information content (AvgIpc) is 3.16. The molecule has 0 unspecified atom stereocenters. The fraction of sp³-hybridized carbons (Fsp3) is 0.300. The number of amides is 1. The van der Waals surface area contributed by atoms with Gasteiger partial charge < -0.3 is 20.8 Å². The number of rotatable bonds is 4. The molecule has 1 aromatic carbocycles. The second-order valence-corrected chi connectivity index (χ2v) is 7.25. The number of alkyl halides is 3. The van der Waals surface area contributed by atoms with Gasteiger partial charge in [0.2, 0.25) is 0 Å². The second kappa shape index (κ2) is 8.46. The zero-order valence-corrected chi connectivity index (χ0v) is 16.6. The van der Waals surface area contributed by atoms with E-state index in [1.54, 1.807) is 0 Å². The van der Waals surface area contributed by atoms with Crippen molar-refractivity contribution in [2.45, 2.75) is 25.1 Å². The number of fused-ring (bicyclic) bond motifs is 1. The van der Waals surface area contributed by atoms with Crippen LogP contribution in [-0.2, 0) is 0 Å². The molecule has 1 aliphatic rings. The smallest absolute Gasteiger partial charge is 0.405 e. The third-order valence-corrected chi connectivity index (χ3v) is 5.13. The number of benzene rings is 1. The number of para-hydroxylation sites is 1. The molecule has 0 bridgehead atoms. The fourth-order valence-corrected chi connectivity index (χ4v) is 3.70. The number of hydrogen-bond donors (Lipinski definition) is 3. The first kappa shape index (κ1) is 21.6. The van der Waals surface area contributed by atoms with Gasteiger partial charge >= 0.3 is 6.36 Å². The van der Waals surface area contributed by atoms with Crippen LogP contribution in [-0.4, -0.2) is 45.8 Å². The van der Waals surface area contributed by atoms with Crippen molar-refractivity contribution in [3.8, 4) is 5.75 Å². The summed E-state index contributed by atoms with van der Waals surface area (Å²) >= 11 is 0. The summed E-state index contributed by atoms with van der Waals surface area (Å²) in [4.78, 5) is 31.3. The third-order valence-electron chi connectivity index (χ3n) is 5.13. The molecule has 0 atom stereocenters. The molecule has 32 heavy (non-hydrogen) atoms. The average molecular weight is 448 g/mol. The van der Waals surface area contributed by atoms with Gasteiger partial charge in [-0.05, 0) is 38.1 Å². The van der Waals surface area contributed by atoms with Crippen molar-refractivity contribution in [3.05, 3.63) is 63.7 Å². The molecule has 3 heterocycles. The topological polar surface area (TPSA) is 127 Å². The van der Waals surface area contributed by atoms with Crippen molar-refractivity contribution in [1.29, 1.82) is 0 Å². The Hall–Kier alpha value is -3.67. The minimum Gasteiger partial charge on any atom is -0.405 e. The first-order valence-corrected chi connectivity index (χ1v) is 9.78. The molecule has 4 N–H and O–H groups in total. The number of ether oxygens (including phenoxy) is 1. The molecule has 0 saturated carbocycles. The van der Waals surface area contributed by atoms with E-state index in [1.807, 2.05) is 0 Å². The molecule has 1 aliphatic heterocycles. The Morgan fingerprint density at radius 1 is 1.22 bits per heavy atom. The molecule has 1 saturated heterocycles. The van der Waals surface area contributed by atoms with Gasteiger partial charge in [-0.25, -0.2) is 4.52 Å². The Morgan fingerprint density at radius 2 is 1.94 bits per heavy atom. The van der Waals surface area contributed by atoms with Crippen LogP contribution < -0.4 is 21.3 Å². The highest BCUT2D eigenvalue weighted by atomic mass is 19.4. The minimum absolute atomic E-state index is 0.0324. The van der Waals surface area contributed by atoms with E-state index in [-0.39, 0.29) is 22.7 Å². The van der Waals surface area contributed by atoms with Gasteiger partial charge in [0.1, 0.15) is 22.8 Å². The lowest BCUT2D eigenvalue weighted by Gasteiger charge is -2.23. The van der Waals surface area contributed by atoms with Gasteiger partial charge in [-0.15, -0.1) is 13.2 Å². The number of aliphatic imine (C=N–C) groups is 1. The van der Waals surface area contributed by atoms with Crippen molar-refractivity contribution >= 4 is 17.4 Å². The van der Waals surface area contributed by atoms with Crippen LogP contribution >= 0.6 is 0 Å². The van der Waals surface area contributed by atoms with Crippen LogP contribution in [0.2, 0.25) is 0 Å². The number of nitrogens with zero attached hydrogens (tertiary/aromatic N) is 3. The van der Waals surface area contributed by atoms with Crippen LogP contribution in [0.3, 0.4) is 0 Å². The molecule has 0 radical (unpaired) electrons. The summed E-state index contributed by atoms with van der Waals surface area (Å²) in [5, 5.41) is 7.47. The van der Waals surface area contributed by atoms with E-state index < -0.39 is 29.4 Å². The highest BCUT2D eigenvalue weighted by Crippen LogP contribution is 2.27. The molecular formula is C20H19F3N6O3. The molecule has 9 nitrogen and oxygen atoms in total. The quantitative estimate of drug-likeness (QED) is 0.414. The number of nitrogens with one attached hydrogen (secondary N) is 2. The SMILES string of the molecule is NC(=NC(=O)c1cnn2c(C3CCNCC3)cc(=O)[nH]c12)c1ccccc1OC(F)(F)F. The van der Waals surface area contributed by atoms with Crippen LogP contribution in [0.4, 0.5) is 13.2 Å². The lowest BCUT2D eigenvalue weighted by atomic mass is 9.94. The summed E-state index contributed by atoms with van der Waals surface area (Å²) in [5.74, 6) is -1.83. The van der Waals surface area contributed by atoms with E-state index in [9.17, 15) is 22.8 Å². The van der Waals surface area contributed by atoms with Gasteiger partial charge in [-0.1, -0.05) is 12.1 Å². The molecule has 3 aromatic rings. The van der Waals surface area contributed by atoms with Crippen LogP contribution in [0.1, 0.15) is 40.4 Å². The zero-order valence-electron chi connectivity index (χ0n) is 16.6. The number of aromatic nitrogens is 3. The number of nitrogens with two attached hydrogens (primary N) is 1. The summed E-state index contributed by atoms with van der Waals surface area (Å²) in [5.41, 5.74) is 6.01. The number of amidine groups is 1. The highest BCUT2D eigenvalue weighted by molar-refractivity contribution is 6.11. The lowest BCUT2D eigenvalue weighted by Crippen LogP contribution is -2.28. The Kier molecular flexibility index (Phi) is 5.70. The van der Waals surface area contributed by atoms with Gasteiger partial charge in [-0.2, -0.15) is 10.1 Å². The van der Waals surface area contributed by atoms with Gasteiger partial charge in [0.15, 0.2) is 0 Å². The summed E-state index contributed by atoms with van der Waals surface area (Å²) in [6, 6.07) is 6.53. The Morgan fingerprint density at radius 3 is 2.66 bits per heavy atom. The summed E-state index contributed by atoms with van der Waals surface area (Å²) in [6.45, 7) is 1.60. The predicted octanol–water partition coefficient (Wildman–Crippen LogP) is 1.93. The molecule has 1 amide bonds. The lowest BCUT2D eigenvalue weighted by molar-refractivity contribution is -0.274. The summed E-state index contributed by atoms with van der Waals surface area (Å²) in [7, 11) is 0. The Bertz CT molecular complexity index is 1240. The van der Waals surface area contributed by atoms with E-state index in [2.05, 4.69) is 25.1 Å². The minimum atomic E-state index is -4.94. The van der Waals surface area contributed by atoms with Gasteiger partial charge in [0.25, 0.3) is 11.5 Å². The van der Waals surface area contributed by atoms with Gasteiger partial charge in [0.05, 0.1) is 17.5 Å². The highest BCUT2D eigenvalue weighted by Gasteiger charge is 2.32. The van der Waals surface area contributed by atoms with Crippen molar-refractivity contribution in [2.75, 3.05) is 13.1 Å². The van der Waals surface area contributed by atoms with Crippen LogP contribution in [0.15, 0.2) is 46.3 Å². The molecule has 4 rings (SSSR count). The number of aromatic amines is 1. The van der Waals surface area contributed by atoms with Gasteiger partial charge in [-0.3, -0.25) is 9.59 Å². The van der Waals surface area contributed by atoms with Crippen molar-refractivity contribution in [1.82, 2.24) is 19.9 Å². The van der Waals surface area contributed by atoms with Crippen molar-refractivity contribution in [2.24, 2.45) is 10.7 Å². The zero-order chi connectivity index (χ0) is 22.9. The first-order chi connectivity index (χ1) is 15.2. The van der Waals surface area contributed by atoms with E-state index >= 15 is 0 Å². The largest absolute Gasteiger partial charge is 0.573 e. The third kappa shape index (κ3) is 4.49. The second-order valence-electron chi connectivity index (χ2n) is 7.25. The Labute approximate surface area is 179 Å². The van der Waals surface area contributed by atoms with E-state index in [0.29, 0.717) is 5.69 Å². The monoisotopic (exact) mass is 448 g/mol. The molecule has 168 valence electrons. The van der Waals surface area contributed by atoms with E-state index in [0.717, 1.165) is 32.0 Å². The predicted molar refractivity (Wildman–Crippen MR) is 109 cm³/mol. The number of piperidine rings is 1. The van der Waals surface area contributed by atoms with Crippen LogP contribution in [0, 0.1) is 0 Å². The molecule has 0 aliphatic carbocycles. The number of H-pyrrole nitrogens is 1. The normalized spacial score (nSPS) is 15.8. The van der Waals surface area contributed by atoms with Gasteiger partial charge in [0, 0.05) is 12.0 Å². The molecule has 1 fully saturated rings. The summed E-state index contributed by atoms with van der Waals surface area (Å²) < 4.78 is 43.4. The molecular weight excluding hydrogens is 429 g/mol. The maximum Gasteiger partial charge on any atom is 0.573 e. The van der Waals surface area contributed by atoms with Crippen LogP contribution in [0.5, 0.6) is 5.75 Å². The number of hydrogen-bond acceptors (Lipinski definition) is 5. The first-order valence-electron chi connectivity index (χ1n) is 9.78. The van der Waals surface area contributed by atoms with Crippen molar-refractivity contribution in [3.63, 3.8) is 0 Å². The number of carbonyl (C=O) groups excluding carboxylic acids is 1. The standard InChI is InChI=1S/C20H19F3N6O3/c21-20(22,23)32-15-4-2-1-3-12(15)17(24)28-19(31)13-10-26-29-14(9-16(30)27-18(13)29)11-5-7-25-8-6-11/h1-4,9-11,25H,5-8H2,(H,27,30)(H2,24,28,31). The van der Waals surface area contributed by atoms with E-state index in [4.69, 9.17) is 5.73 Å². The molecule has 0 spiro atoms. The summed E-state index contributed by atoms with van der Waals surface area (Å²) in [6.07, 6.45) is -2.08. The Balaban J connectivity index is 1.70. The number of carbonyl (C=O) groups is 1. The fourth-order valence-electron chi connectivity index (χ4n) is 3.70. The maximum atomic E-state index is 12.8. The number of halogens is 3. The molecule has 12 heteroatoms. The molecule has 2 aromatic heterocycles. The van der Waals surface area contributed by atoms with Crippen molar-refractivity contribution < 1.29 is 22.7 Å². The maximum absolute atomic E-state index is 12.8.